The molecule has 0 aromatic carbocycles. The van der Waals surface area contributed by atoms with E-state index in [-0.39, 0.29) is 5.69 Å². The van der Waals surface area contributed by atoms with Gasteiger partial charge in [0.25, 0.3) is 12.1 Å². The van der Waals surface area contributed by atoms with Crippen LogP contribution in [0.5, 0.6) is 0 Å². The summed E-state index contributed by atoms with van der Waals surface area (Å²) in [5.74, 6) is 0. The Kier molecular flexibility index (Phi) is 3.38. The second-order valence-electron chi connectivity index (χ2n) is 3.07. The Morgan fingerprint density at radius 1 is 1.53 bits per heavy atom. The van der Waals surface area contributed by atoms with Crippen LogP contribution in [0.3, 0.4) is 0 Å². The Morgan fingerprint density at radius 2 is 2.06 bits per heavy atom. The number of pyridine rings is 1. The van der Waals surface area contributed by atoms with Gasteiger partial charge in [-0.2, -0.15) is 0 Å². The zero-order chi connectivity index (χ0) is 13.4. The van der Waals surface area contributed by atoms with Gasteiger partial charge < -0.3 is 0 Å². The van der Waals surface area contributed by atoms with Gasteiger partial charge in [-0.3, -0.25) is 15.1 Å². The summed E-state index contributed by atoms with van der Waals surface area (Å²) in [6, 6.07) is 0. The highest BCUT2D eigenvalue weighted by atomic mass is 32.2. The van der Waals surface area contributed by atoms with Crippen LogP contribution in [-0.4, -0.2) is 18.3 Å². The maximum Gasteiger partial charge on any atom is 0.297 e. The van der Waals surface area contributed by atoms with Crippen LogP contribution in [-0.2, 0) is 10.0 Å². The minimum Gasteiger partial charge on any atom is -0.258 e. The van der Waals surface area contributed by atoms with Crippen LogP contribution in [0.1, 0.15) is 17.7 Å². The third-order valence-corrected chi connectivity index (χ3v) is 3.01. The molecule has 0 aliphatic heterocycles. The SMILES string of the molecule is Cc1ncc([N+](=O)[O-])c(C(F)F)c1S(N)(=O)=O. The molecular weight excluding hydrogens is 260 g/mol. The van der Waals surface area contributed by atoms with Crippen molar-refractivity contribution in [3.05, 3.63) is 27.6 Å². The van der Waals surface area contributed by atoms with Gasteiger partial charge in [-0.1, -0.05) is 0 Å². The first-order valence-corrected chi connectivity index (χ1v) is 5.65. The fraction of sp³-hybridized carbons (Fsp3) is 0.286. The normalized spacial score (nSPS) is 11.8. The molecule has 94 valence electrons. The molecule has 1 rings (SSSR count). The van der Waals surface area contributed by atoms with Crippen molar-refractivity contribution >= 4 is 15.7 Å². The lowest BCUT2D eigenvalue weighted by molar-refractivity contribution is -0.386. The lowest BCUT2D eigenvalue weighted by Gasteiger charge is -2.09. The van der Waals surface area contributed by atoms with Gasteiger partial charge in [-0.15, -0.1) is 0 Å². The van der Waals surface area contributed by atoms with Crippen molar-refractivity contribution in [1.82, 2.24) is 4.98 Å². The lowest BCUT2D eigenvalue weighted by atomic mass is 10.2. The van der Waals surface area contributed by atoms with Crippen LogP contribution < -0.4 is 5.14 Å². The van der Waals surface area contributed by atoms with Crippen molar-refractivity contribution in [3.63, 3.8) is 0 Å². The van der Waals surface area contributed by atoms with Crippen molar-refractivity contribution in [2.75, 3.05) is 0 Å². The van der Waals surface area contributed by atoms with Crippen LogP contribution in [0, 0.1) is 17.0 Å². The van der Waals surface area contributed by atoms with E-state index >= 15 is 0 Å². The highest BCUT2D eigenvalue weighted by Gasteiger charge is 2.32. The maximum absolute atomic E-state index is 12.7. The summed E-state index contributed by atoms with van der Waals surface area (Å²) in [6.07, 6.45) is -2.77. The third kappa shape index (κ3) is 2.53. The summed E-state index contributed by atoms with van der Waals surface area (Å²) in [6.45, 7) is 1.12. The van der Waals surface area contributed by atoms with E-state index in [2.05, 4.69) is 4.98 Å². The summed E-state index contributed by atoms with van der Waals surface area (Å²) in [5.41, 5.74) is -2.62. The summed E-state index contributed by atoms with van der Waals surface area (Å²) in [7, 11) is -4.51. The van der Waals surface area contributed by atoms with Crippen molar-refractivity contribution in [3.8, 4) is 0 Å². The van der Waals surface area contributed by atoms with Crippen molar-refractivity contribution < 1.29 is 22.1 Å². The molecule has 2 N–H and O–H groups in total. The van der Waals surface area contributed by atoms with Crippen LogP contribution in [0.25, 0.3) is 0 Å². The van der Waals surface area contributed by atoms with Gasteiger partial charge in [0.15, 0.2) is 0 Å². The standard InChI is InChI=1S/C7H7F2N3O4S/c1-3-6(17(10,15)16)5(7(8)9)4(2-11-3)12(13)14/h2,7H,1H3,(H2,10,15,16). The number of sulfonamides is 1. The first-order chi connectivity index (χ1) is 7.66. The molecule has 1 aromatic heterocycles. The molecule has 1 heterocycles. The molecule has 0 aliphatic carbocycles. The molecule has 0 atom stereocenters. The van der Waals surface area contributed by atoms with Crippen molar-refractivity contribution in [2.45, 2.75) is 18.2 Å². The van der Waals surface area contributed by atoms with Crippen molar-refractivity contribution in [2.24, 2.45) is 5.14 Å². The Bertz CT molecular complexity index is 573. The molecule has 0 spiro atoms. The molecule has 0 unspecified atom stereocenters. The molecule has 1 aromatic rings. The number of halogens is 2. The number of hydrogen-bond acceptors (Lipinski definition) is 5. The molecule has 0 radical (unpaired) electrons. The highest BCUT2D eigenvalue weighted by Crippen LogP contribution is 2.34. The third-order valence-electron chi connectivity index (χ3n) is 1.93. The molecule has 0 fully saturated rings. The Hall–Kier alpha value is -1.68. The Labute approximate surface area is 94.5 Å². The van der Waals surface area contributed by atoms with Crippen molar-refractivity contribution in [1.29, 1.82) is 0 Å². The Morgan fingerprint density at radius 3 is 2.41 bits per heavy atom. The zero-order valence-electron chi connectivity index (χ0n) is 8.42. The number of nitro groups is 1. The maximum atomic E-state index is 12.7. The monoisotopic (exact) mass is 267 g/mol. The quantitative estimate of drug-likeness (QED) is 0.644. The van der Waals surface area contributed by atoms with Gasteiger partial charge in [-0.25, -0.2) is 22.3 Å². The smallest absolute Gasteiger partial charge is 0.258 e. The van der Waals surface area contributed by atoms with E-state index < -0.39 is 37.5 Å². The molecule has 0 amide bonds. The summed E-state index contributed by atoms with van der Waals surface area (Å²) < 4.78 is 47.7. The number of aromatic nitrogens is 1. The van der Waals surface area contributed by atoms with E-state index in [0.29, 0.717) is 6.20 Å². The molecule has 10 heteroatoms. The second-order valence-corrected chi connectivity index (χ2v) is 4.57. The molecular formula is C7H7F2N3O4S. The van der Waals surface area contributed by atoms with E-state index in [1.54, 1.807) is 0 Å². The number of primary sulfonamides is 1. The molecule has 0 saturated carbocycles. The number of aryl methyl sites for hydroxylation is 1. The fourth-order valence-electron chi connectivity index (χ4n) is 1.31. The topological polar surface area (TPSA) is 116 Å². The summed E-state index contributed by atoms with van der Waals surface area (Å²) in [5, 5.41) is 15.3. The first kappa shape index (κ1) is 13.4. The first-order valence-electron chi connectivity index (χ1n) is 4.11. The molecule has 17 heavy (non-hydrogen) atoms. The minimum absolute atomic E-state index is 0.312. The average molecular weight is 267 g/mol. The minimum atomic E-state index is -4.51. The molecule has 0 aliphatic rings. The van der Waals surface area contributed by atoms with Crippen LogP contribution in [0.15, 0.2) is 11.1 Å². The van der Waals surface area contributed by atoms with Gasteiger partial charge in [0, 0.05) is 0 Å². The lowest BCUT2D eigenvalue weighted by Crippen LogP contribution is -2.18. The van der Waals surface area contributed by atoms with Gasteiger partial charge in [0.2, 0.25) is 10.0 Å². The predicted molar refractivity (Wildman–Crippen MR) is 52.0 cm³/mol. The van der Waals surface area contributed by atoms with E-state index in [0.717, 1.165) is 6.92 Å². The molecule has 0 saturated heterocycles. The van der Waals surface area contributed by atoms with Gasteiger partial charge in [0.1, 0.15) is 16.7 Å². The van der Waals surface area contributed by atoms with E-state index in [1.807, 2.05) is 0 Å². The van der Waals surface area contributed by atoms with Gasteiger partial charge >= 0.3 is 0 Å². The average Bonchev–Trinajstić information content (AvgIpc) is 2.14. The molecule has 0 bridgehead atoms. The number of hydrogen-bond donors (Lipinski definition) is 1. The van der Waals surface area contributed by atoms with E-state index in [4.69, 9.17) is 5.14 Å². The Balaban J connectivity index is 3.80. The van der Waals surface area contributed by atoms with Crippen LogP contribution in [0.4, 0.5) is 14.5 Å². The van der Waals surface area contributed by atoms with E-state index in [1.165, 1.54) is 0 Å². The van der Waals surface area contributed by atoms with Crippen LogP contribution >= 0.6 is 0 Å². The zero-order valence-corrected chi connectivity index (χ0v) is 9.24. The number of nitrogens with zero attached hydrogens (tertiary/aromatic N) is 2. The number of nitrogens with two attached hydrogens (primary N) is 1. The number of alkyl halides is 2. The van der Waals surface area contributed by atoms with E-state index in [9.17, 15) is 27.3 Å². The van der Waals surface area contributed by atoms with Gasteiger partial charge in [0.05, 0.1) is 10.6 Å². The van der Waals surface area contributed by atoms with Gasteiger partial charge in [-0.05, 0) is 6.92 Å². The highest BCUT2D eigenvalue weighted by molar-refractivity contribution is 7.89. The predicted octanol–water partition coefficient (Wildman–Crippen LogP) is 0.883. The summed E-state index contributed by atoms with van der Waals surface area (Å²) in [4.78, 5) is 11.8. The van der Waals surface area contributed by atoms with Crippen LogP contribution in [0.2, 0.25) is 0 Å². The largest absolute Gasteiger partial charge is 0.297 e. The fourth-order valence-corrected chi connectivity index (χ4v) is 2.28. The second kappa shape index (κ2) is 4.30. The number of rotatable bonds is 3. The molecule has 7 nitrogen and oxygen atoms in total. The summed E-state index contributed by atoms with van der Waals surface area (Å²) >= 11 is 0.